The third-order valence-electron chi connectivity index (χ3n) is 3.63. The van der Waals surface area contributed by atoms with Crippen LogP contribution in [0.25, 0.3) is 0 Å². The van der Waals surface area contributed by atoms with Gasteiger partial charge in [0.15, 0.2) is 0 Å². The number of rotatable bonds is 9. The topological polar surface area (TPSA) is 50.7 Å². The Hall–Kier alpha value is -2.14. The third-order valence-corrected chi connectivity index (χ3v) is 4.12. The number of unbranched alkanes of at least 4 members (excludes halogenated alkanes) is 3. The highest BCUT2D eigenvalue weighted by atomic mass is 79.9. The molecule has 0 fully saturated rings. The molecule has 0 saturated heterocycles. The van der Waals surface area contributed by atoms with E-state index in [1.165, 1.54) is 19.3 Å². The summed E-state index contributed by atoms with van der Waals surface area (Å²) in [7, 11) is 0. The molecule has 0 aromatic heterocycles. The first kappa shape index (κ1) is 19.2. The fourth-order valence-electron chi connectivity index (χ4n) is 2.28. The molecule has 2 aromatic rings. The number of nitrogens with one attached hydrogen (secondary N) is 1. The molecule has 0 radical (unpaired) electrons. The molecule has 0 spiro atoms. The molecular formula is C20H23BrN2O2. The maximum atomic E-state index is 12.1. The minimum Gasteiger partial charge on any atom is -0.493 e. The number of nitrogens with zero attached hydrogens (tertiary/aromatic N) is 1. The molecule has 0 atom stereocenters. The molecule has 0 aliphatic heterocycles. The van der Waals surface area contributed by atoms with Gasteiger partial charge in [0.05, 0.1) is 12.8 Å². The Morgan fingerprint density at radius 2 is 2.00 bits per heavy atom. The maximum absolute atomic E-state index is 12.1. The summed E-state index contributed by atoms with van der Waals surface area (Å²) in [5.74, 6) is 0.523. The Kier molecular flexibility index (Phi) is 8.19. The van der Waals surface area contributed by atoms with Gasteiger partial charge in [0.2, 0.25) is 0 Å². The predicted molar refractivity (Wildman–Crippen MR) is 105 cm³/mol. The lowest BCUT2D eigenvalue weighted by molar-refractivity contribution is 0.0955. The van der Waals surface area contributed by atoms with Gasteiger partial charge in [-0.2, -0.15) is 5.10 Å². The highest BCUT2D eigenvalue weighted by Crippen LogP contribution is 2.16. The summed E-state index contributed by atoms with van der Waals surface area (Å²) >= 11 is 3.35. The molecule has 2 rings (SSSR count). The van der Waals surface area contributed by atoms with Crippen LogP contribution < -0.4 is 10.2 Å². The van der Waals surface area contributed by atoms with E-state index in [0.717, 1.165) is 22.2 Å². The van der Waals surface area contributed by atoms with E-state index in [9.17, 15) is 4.79 Å². The second-order valence-electron chi connectivity index (χ2n) is 5.66. The standard InChI is InChI=1S/C20H23BrN2O2/c1-2-3-4-7-13-25-19-12-6-5-9-17(19)15-22-23-20(24)16-10-8-11-18(21)14-16/h5-6,8-12,14-15H,2-4,7,13H2,1H3,(H,23,24)/b22-15+. The van der Waals surface area contributed by atoms with Crippen molar-refractivity contribution in [3.05, 3.63) is 64.1 Å². The Bertz CT molecular complexity index is 716. The van der Waals surface area contributed by atoms with E-state index in [1.807, 2.05) is 36.4 Å². The SMILES string of the molecule is CCCCCCOc1ccccc1/C=N/NC(=O)c1cccc(Br)c1. The highest BCUT2D eigenvalue weighted by Gasteiger charge is 2.04. The largest absolute Gasteiger partial charge is 0.493 e. The average molecular weight is 403 g/mol. The van der Waals surface area contributed by atoms with E-state index in [4.69, 9.17) is 4.74 Å². The first-order valence-electron chi connectivity index (χ1n) is 8.51. The Morgan fingerprint density at radius 1 is 1.16 bits per heavy atom. The van der Waals surface area contributed by atoms with Gasteiger partial charge in [-0.3, -0.25) is 4.79 Å². The summed E-state index contributed by atoms with van der Waals surface area (Å²) in [6, 6.07) is 14.8. The molecule has 1 amide bonds. The first-order chi connectivity index (χ1) is 12.2. The zero-order chi connectivity index (χ0) is 17.9. The molecule has 0 heterocycles. The third kappa shape index (κ3) is 6.70. The van der Waals surface area contributed by atoms with Crippen molar-refractivity contribution in [1.29, 1.82) is 0 Å². The van der Waals surface area contributed by atoms with E-state index in [-0.39, 0.29) is 5.91 Å². The lowest BCUT2D eigenvalue weighted by atomic mass is 10.2. The van der Waals surface area contributed by atoms with Crippen LogP contribution >= 0.6 is 15.9 Å². The monoisotopic (exact) mass is 402 g/mol. The Balaban J connectivity index is 1.91. The maximum Gasteiger partial charge on any atom is 0.271 e. The number of hydrogen-bond acceptors (Lipinski definition) is 3. The first-order valence-corrected chi connectivity index (χ1v) is 9.31. The second kappa shape index (κ2) is 10.7. The number of hydrogen-bond donors (Lipinski definition) is 1. The molecule has 0 saturated carbocycles. The Morgan fingerprint density at radius 3 is 2.80 bits per heavy atom. The molecule has 2 aromatic carbocycles. The van der Waals surface area contributed by atoms with Crippen LogP contribution in [0.2, 0.25) is 0 Å². The Labute approximate surface area is 157 Å². The van der Waals surface area contributed by atoms with Crippen molar-refractivity contribution in [3.63, 3.8) is 0 Å². The summed E-state index contributed by atoms with van der Waals surface area (Å²) in [6.45, 7) is 2.88. The van der Waals surface area contributed by atoms with Gasteiger partial charge in [0.1, 0.15) is 5.75 Å². The molecule has 0 bridgehead atoms. The molecule has 4 nitrogen and oxygen atoms in total. The smallest absolute Gasteiger partial charge is 0.271 e. The zero-order valence-corrected chi connectivity index (χ0v) is 16.0. The van der Waals surface area contributed by atoms with E-state index in [0.29, 0.717) is 12.2 Å². The summed E-state index contributed by atoms with van der Waals surface area (Å²) in [6.07, 6.45) is 6.26. The molecule has 0 aliphatic carbocycles. The molecule has 0 aliphatic rings. The van der Waals surface area contributed by atoms with Crippen molar-refractivity contribution < 1.29 is 9.53 Å². The van der Waals surface area contributed by atoms with Crippen LogP contribution in [0.15, 0.2) is 58.1 Å². The van der Waals surface area contributed by atoms with Gasteiger partial charge < -0.3 is 4.74 Å². The number of ether oxygens (including phenoxy) is 1. The zero-order valence-electron chi connectivity index (χ0n) is 14.4. The fraction of sp³-hybridized carbons (Fsp3) is 0.300. The number of hydrazone groups is 1. The van der Waals surface area contributed by atoms with Gasteiger partial charge in [0.25, 0.3) is 5.91 Å². The normalized spacial score (nSPS) is 10.8. The number of para-hydroxylation sites is 1. The summed E-state index contributed by atoms with van der Waals surface area (Å²) in [5.41, 5.74) is 3.93. The van der Waals surface area contributed by atoms with E-state index in [2.05, 4.69) is 33.4 Å². The molecule has 132 valence electrons. The molecule has 25 heavy (non-hydrogen) atoms. The summed E-state index contributed by atoms with van der Waals surface area (Å²) in [5, 5.41) is 4.05. The van der Waals surface area contributed by atoms with Crippen LogP contribution in [-0.2, 0) is 0 Å². The lowest BCUT2D eigenvalue weighted by Gasteiger charge is -2.08. The number of carbonyl (C=O) groups is 1. The van der Waals surface area contributed by atoms with Gasteiger partial charge in [-0.1, -0.05) is 60.3 Å². The molecule has 5 heteroatoms. The van der Waals surface area contributed by atoms with E-state index in [1.54, 1.807) is 18.3 Å². The quantitative estimate of drug-likeness (QED) is 0.357. The number of benzene rings is 2. The summed E-state index contributed by atoms with van der Waals surface area (Å²) in [4.78, 5) is 12.1. The van der Waals surface area contributed by atoms with Gasteiger partial charge in [0, 0.05) is 15.6 Å². The van der Waals surface area contributed by atoms with Crippen molar-refractivity contribution in [2.24, 2.45) is 5.10 Å². The van der Waals surface area contributed by atoms with Gasteiger partial charge in [-0.25, -0.2) is 5.43 Å². The molecule has 1 N–H and O–H groups in total. The predicted octanol–water partition coefficient (Wildman–Crippen LogP) is 5.17. The van der Waals surface area contributed by atoms with Crippen LogP contribution in [0.5, 0.6) is 5.75 Å². The van der Waals surface area contributed by atoms with Gasteiger partial charge in [-0.05, 0) is 36.8 Å². The van der Waals surface area contributed by atoms with Gasteiger partial charge in [-0.15, -0.1) is 0 Å². The van der Waals surface area contributed by atoms with E-state index < -0.39 is 0 Å². The molecule has 0 unspecified atom stereocenters. The van der Waals surface area contributed by atoms with Crippen molar-refractivity contribution in [1.82, 2.24) is 5.43 Å². The van der Waals surface area contributed by atoms with Crippen LogP contribution in [0.3, 0.4) is 0 Å². The fourth-order valence-corrected chi connectivity index (χ4v) is 2.68. The number of halogens is 1. The van der Waals surface area contributed by atoms with Crippen molar-refractivity contribution in [3.8, 4) is 5.75 Å². The van der Waals surface area contributed by atoms with Crippen LogP contribution in [0.1, 0.15) is 48.5 Å². The average Bonchev–Trinajstić information content (AvgIpc) is 2.62. The number of amides is 1. The van der Waals surface area contributed by atoms with Gasteiger partial charge >= 0.3 is 0 Å². The van der Waals surface area contributed by atoms with Crippen LogP contribution in [0, 0.1) is 0 Å². The minimum atomic E-state index is -0.254. The summed E-state index contributed by atoms with van der Waals surface area (Å²) < 4.78 is 6.68. The van der Waals surface area contributed by atoms with E-state index >= 15 is 0 Å². The molecular weight excluding hydrogens is 380 g/mol. The number of carbonyl (C=O) groups excluding carboxylic acids is 1. The highest BCUT2D eigenvalue weighted by molar-refractivity contribution is 9.10. The second-order valence-corrected chi connectivity index (χ2v) is 6.57. The van der Waals surface area contributed by atoms with Crippen molar-refractivity contribution in [2.45, 2.75) is 32.6 Å². The van der Waals surface area contributed by atoms with Crippen LogP contribution in [0.4, 0.5) is 0 Å². The van der Waals surface area contributed by atoms with Crippen molar-refractivity contribution in [2.75, 3.05) is 6.61 Å². The van der Waals surface area contributed by atoms with Crippen molar-refractivity contribution >= 4 is 28.1 Å². The lowest BCUT2D eigenvalue weighted by Crippen LogP contribution is -2.17. The van der Waals surface area contributed by atoms with Crippen LogP contribution in [-0.4, -0.2) is 18.7 Å². The minimum absolute atomic E-state index is 0.254.